The van der Waals surface area contributed by atoms with Gasteiger partial charge in [-0.15, -0.1) is 11.6 Å². The van der Waals surface area contributed by atoms with E-state index in [1.165, 1.54) is 28.7 Å². The highest BCUT2D eigenvalue weighted by atomic mass is 35.5. The molecule has 0 amide bonds. The van der Waals surface area contributed by atoms with Gasteiger partial charge in [0, 0.05) is 0 Å². The Morgan fingerprint density at radius 2 is 1.79 bits per heavy atom. The highest BCUT2D eigenvalue weighted by Gasteiger charge is 2.27. The van der Waals surface area contributed by atoms with Crippen LogP contribution in [-0.2, 0) is 12.8 Å². The first kappa shape index (κ1) is 12.7. The predicted octanol–water partition coefficient (Wildman–Crippen LogP) is 5.08. The van der Waals surface area contributed by atoms with Gasteiger partial charge >= 0.3 is 0 Å². The molecule has 0 fully saturated rings. The van der Waals surface area contributed by atoms with E-state index in [0.717, 1.165) is 12.8 Å². The molecule has 0 bridgehead atoms. The third kappa shape index (κ3) is 2.69. The van der Waals surface area contributed by atoms with Crippen molar-refractivity contribution in [3.8, 4) is 0 Å². The molecule has 2 atom stereocenters. The van der Waals surface area contributed by atoms with Crippen LogP contribution < -0.4 is 0 Å². The van der Waals surface area contributed by atoms with E-state index in [2.05, 4.69) is 55.5 Å². The molecule has 98 valence electrons. The Morgan fingerprint density at radius 3 is 2.58 bits per heavy atom. The number of hydrogen-bond donors (Lipinski definition) is 0. The SMILES string of the molecule is Cc1ccc(CC2CCc3ccccc3C2Cl)cc1. The van der Waals surface area contributed by atoms with E-state index in [0.29, 0.717) is 5.92 Å². The summed E-state index contributed by atoms with van der Waals surface area (Å²) >= 11 is 6.69. The van der Waals surface area contributed by atoms with Gasteiger partial charge in [0.25, 0.3) is 0 Å². The molecular formula is C18H19Cl. The molecular weight excluding hydrogens is 252 g/mol. The van der Waals surface area contributed by atoms with E-state index in [1.54, 1.807) is 0 Å². The molecule has 2 unspecified atom stereocenters. The van der Waals surface area contributed by atoms with Gasteiger partial charge in [-0.3, -0.25) is 0 Å². The van der Waals surface area contributed by atoms with Gasteiger partial charge in [-0.2, -0.15) is 0 Å². The smallest absolute Gasteiger partial charge is 0.0619 e. The highest BCUT2D eigenvalue weighted by molar-refractivity contribution is 6.21. The zero-order valence-electron chi connectivity index (χ0n) is 11.3. The third-order valence-electron chi connectivity index (χ3n) is 4.17. The average molecular weight is 271 g/mol. The predicted molar refractivity (Wildman–Crippen MR) is 81.7 cm³/mol. The fourth-order valence-corrected chi connectivity index (χ4v) is 3.43. The molecule has 0 nitrogen and oxygen atoms in total. The van der Waals surface area contributed by atoms with Crippen molar-refractivity contribution in [3.05, 3.63) is 70.8 Å². The molecule has 19 heavy (non-hydrogen) atoms. The fourth-order valence-electron chi connectivity index (χ4n) is 3.00. The number of halogens is 1. The molecule has 0 heterocycles. The van der Waals surface area contributed by atoms with Crippen LogP contribution in [0, 0.1) is 12.8 Å². The maximum absolute atomic E-state index is 6.69. The molecule has 0 spiro atoms. The Balaban J connectivity index is 1.79. The Labute approximate surface area is 120 Å². The Kier molecular flexibility index (Phi) is 3.61. The lowest BCUT2D eigenvalue weighted by molar-refractivity contribution is 0.442. The second kappa shape index (κ2) is 5.38. The van der Waals surface area contributed by atoms with Crippen molar-refractivity contribution in [2.75, 3.05) is 0 Å². The van der Waals surface area contributed by atoms with Gasteiger partial charge in [-0.25, -0.2) is 0 Å². The van der Waals surface area contributed by atoms with Crippen LogP contribution in [0.15, 0.2) is 48.5 Å². The average Bonchev–Trinajstić information content (AvgIpc) is 2.45. The minimum absolute atomic E-state index is 0.159. The minimum atomic E-state index is 0.159. The molecule has 0 aliphatic heterocycles. The van der Waals surface area contributed by atoms with Crippen LogP contribution in [0.1, 0.15) is 34.1 Å². The number of benzene rings is 2. The molecule has 2 aromatic carbocycles. The van der Waals surface area contributed by atoms with E-state index >= 15 is 0 Å². The summed E-state index contributed by atoms with van der Waals surface area (Å²) in [7, 11) is 0. The summed E-state index contributed by atoms with van der Waals surface area (Å²) in [4.78, 5) is 0. The molecule has 0 saturated carbocycles. The minimum Gasteiger partial charge on any atom is -0.117 e. The summed E-state index contributed by atoms with van der Waals surface area (Å²) in [6.45, 7) is 2.13. The topological polar surface area (TPSA) is 0 Å². The van der Waals surface area contributed by atoms with Gasteiger partial charge < -0.3 is 0 Å². The second-order valence-corrected chi connectivity index (χ2v) is 6.06. The van der Waals surface area contributed by atoms with Crippen molar-refractivity contribution in [1.29, 1.82) is 0 Å². The molecule has 0 saturated heterocycles. The van der Waals surface area contributed by atoms with Crippen LogP contribution in [0.4, 0.5) is 0 Å². The maximum Gasteiger partial charge on any atom is 0.0619 e. The molecule has 1 aliphatic carbocycles. The lowest BCUT2D eigenvalue weighted by Gasteiger charge is -2.29. The Morgan fingerprint density at radius 1 is 1.05 bits per heavy atom. The zero-order valence-corrected chi connectivity index (χ0v) is 12.0. The largest absolute Gasteiger partial charge is 0.117 e. The van der Waals surface area contributed by atoms with E-state index in [4.69, 9.17) is 11.6 Å². The van der Waals surface area contributed by atoms with Gasteiger partial charge in [0.1, 0.15) is 0 Å². The van der Waals surface area contributed by atoms with Gasteiger partial charge in [0.05, 0.1) is 5.38 Å². The van der Waals surface area contributed by atoms with Crippen LogP contribution in [0.5, 0.6) is 0 Å². The standard InChI is InChI=1S/C18H19Cl/c1-13-6-8-14(9-7-13)12-16-11-10-15-4-2-3-5-17(15)18(16)19/h2-9,16,18H,10-12H2,1H3. The van der Waals surface area contributed by atoms with Gasteiger partial charge in [-0.1, -0.05) is 54.1 Å². The summed E-state index contributed by atoms with van der Waals surface area (Å²) in [6.07, 6.45) is 3.44. The van der Waals surface area contributed by atoms with Gasteiger partial charge in [-0.05, 0) is 48.8 Å². The van der Waals surface area contributed by atoms with Crippen molar-refractivity contribution in [3.63, 3.8) is 0 Å². The maximum atomic E-state index is 6.69. The summed E-state index contributed by atoms with van der Waals surface area (Å²) < 4.78 is 0. The third-order valence-corrected chi connectivity index (χ3v) is 4.76. The molecule has 3 rings (SSSR count). The van der Waals surface area contributed by atoms with Gasteiger partial charge in [0.2, 0.25) is 0 Å². The number of aryl methyl sites for hydroxylation is 2. The molecule has 1 heteroatoms. The number of fused-ring (bicyclic) bond motifs is 1. The summed E-state index contributed by atoms with van der Waals surface area (Å²) in [5.74, 6) is 0.555. The van der Waals surface area contributed by atoms with Crippen molar-refractivity contribution in [1.82, 2.24) is 0 Å². The normalized spacial score (nSPS) is 22.0. The zero-order chi connectivity index (χ0) is 13.2. The van der Waals surface area contributed by atoms with Crippen molar-refractivity contribution in [2.24, 2.45) is 5.92 Å². The lowest BCUT2D eigenvalue weighted by Crippen LogP contribution is -2.19. The van der Waals surface area contributed by atoms with Crippen LogP contribution in [-0.4, -0.2) is 0 Å². The van der Waals surface area contributed by atoms with Gasteiger partial charge in [0.15, 0.2) is 0 Å². The first-order valence-electron chi connectivity index (χ1n) is 7.01. The summed E-state index contributed by atoms with van der Waals surface area (Å²) in [5, 5.41) is 0.159. The summed E-state index contributed by atoms with van der Waals surface area (Å²) in [5.41, 5.74) is 5.50. The molecule has 0 radical (unpaired) electrons. The molecule has 0 aromatic heterocycles. The lowest BCUT2D eigenvalue weighted by atomic mass is 9.80. The van der Waals surface area contributed by atoms with E-state index in [1.807, 2.05) is 0 Å². The van der Waals surface area contributed by atoms with Crippen LogP contribution in [0.3, 0.4) is 0 Å². The van der Waals surface area contributed by atoms with E-state index in [-0.39, 0.29) is 5.38 Å². The van der Waals surface area contributed by atoms with Crippen molar-refractivity contribution < 1.29 is 0 Å². The quantitative estimate of drug-likeness (QED) is 0.668. The number of alkyl halides is 1. The second-order valence-electron chi connectivity index (χ2n) is 5.59. The molecule has 1 aliphatic rings. The first-order valence-corrected chi connectivity index (χ1v) is 7.45. The van der Waals surface area contributed by atoms with E-state index in [9.17, 15) is 0 Å². The molecule has 0 N–H and O–H groups in total. The summed E-state index contributed by atoms with van der Waals surface area (Å²) in [6, 6.07) is 17.5. The van der Waals surface area contributed by atoms with Crippen LogP contribution in [0.2, 0.25) is 0 Å². The van der Waals surface area contributed by atoms with Crippen LogP contribution >= 0.6 is 11.6 Å². The highest BCUT2D eigenvalue weighted by Crippen LogP contribution is 2.40. The van der Waals surface area contributed by atoms with Crippen LogP contribution in [0.25, 0.3) is 0 Å². The first-order chi connectivity index (χ1) is 9.24. The van der Waals surface area contributed by atoms with E-state index < -0.39 is 0 Å². The number of hydrogen-bond acceptors (Lipinski definition) is 0. The van der Waals surface area contributed by atoms with Crippen molar-refractivity contribution in [2.45, 2.75) is 31.6 Å². The fraction of sp³-hybridized carbons (Fsp3) is 0.333. The van der Waals surface area contributed by atoms with Crippen molar-refractivity contribution >= 4 is 11.6 Å². The number of rotatable bonds is 2. The Hall–Kier alpha value is -1.27. The molecule has 2 aromatic rings. The monoisotopic (exact) mass is 270 g/mol. The Bertz CT molecular complexity index is 556.